The first-order chi connectivity index (χ1) is 10.4. The summed E-state index contributed by atoms with van der Waals surface area (Å²) in [6, 6.07) is 5.57. The lowest BCUT2D eigenvalue weighted by atomic mass is 10.1. The molecule has 1 heterocycles. The van der Waals surface area contributed by atoms with E-state index >= 15 is 0 Å². The van der Waals surface area contributed by atoms with Crippen LogP contribution in [0.5, 0.6) is 0 Å². The molecule has 1 fully saturated rings. The maximum atomic E-state index is 12.2. The number of hydrogen-bond donors (Lipinski definition) is 1. The van der Waals surface area contributed by atoms with Crippen molar-refractivity contribution in [1.82, 2.24) is 0 Å². The summed E-state index contributed by atoms with van der Waals surface area (Å²) in [4.78, 5) is 11.6. The molecule has 1 aromatic carbocycles. The smallest absolute Gasteiger partial charge is 0.376 e. The Balaban J connectivity index is 1.71. The minimum absolute atomic E-state index is 0.0504. The second kappa shape index (κ2) is 7.60. The number of ether oxygens (including phenoxy) is 2. The lowest BCUT2D eigenvalue weighted by molar-refractivity contribution is -0.127. The van der Waals surface area contributed by atoms with Crippen LogP contribution >= 0.6 is 0 Å². The van der Waals surface area contributed by atoms with Crippen molar-refractivity contribution in [2.45, 2.75) is 31.5 Å². The van der Waals surface area contributed by atoms with E-state index in [2.05, 4.69) is 5.32 Å². The van der Waals surface area contributed by atoms with Crippen molar-refractivity contribution >= 4 is 11.6 Å². The fraction of sp³-hybridized carbons (Fsp3) is 0.533. The first-order valence-electron chi connectivity index (χ1n) is 7.07. The topological polar surface area (TPSA) is 47.6 Å². The minimum Gasteiger partial charge on any atom is -0.376 e. The van der Waals surface area contributed by atoms with E-state index in [0.717, 1.165) is 19.4 Å². The maximum Gasteiger partial charge on any atom is 0.393 e. The van der Waals surface area contributed by atoms with Gasteiger partial charge in [0, 0.05) is 12.3 Å². The molecule has 1 aliphatic rings. The van der Waals surface area contributed by atoms with Crippen LogP contribution in [0, 0.1) is 0 Å². The highest BCUT2D eigenvalue weighted by molar-refractivity contribution is 5.91. The molecule has 7 heteroatoms. The van der Waals surface area contributed by atoms with Crippen molar-refractivity contribution in [2.75, 3.05) is 25.1 Å². The van der Waals surface area contributed by atoms with Gasteiger partial charge in [-0.3, -0.25) is 4.79 Å². The third-order valence-corrected chi connectivity index (χ3v) is 3.20. The Kier molecular flexibility index (Phi) is 5.79. The van der Waals surface area contributed by atoms with Gasteiger partial charge in [0.15, 0.2) is 0 Å². The highest BCUT2D eigenvalue weighted by Gasteiger charge is 2.27. The number of amides is 1. The van der Waals surface area contributed by atoms with E-state index in [1.54, 1.807) is 0 Å². The third kappa shape index (κ3) is 6.03. The maximum absolute atomic E-state index is 12.2. The van der Waals surface area contributed by atoms with Gasteiger partial charge in [-0.15, -0.1) is 0 Å². The van der Waals surface area contributed by atoms with Crippen LogP contribution < -0.4 is 5.32 Å². The van der Waals surface area contributed by atoms with E-state index in [-0.39, 0.29) is 24.2 Å². The number of alkyl halides is 3. The molecule has 0 radical (unpaired) electrons. The summed E-state index contributed by atoms with van der Waals surface area (Å²) >= 11 is 0. The number of nitrogens with one attached hydrogen (secondary N) is 1. The van der Waals surface area contributed by atoms with Gasteiger partial charge in [0.2, 0.25) is 5.91 Å². The largest absolute Gasteiger partial charge is 0.393 e. The SMILES string of the molecule is O=C(COC[C@@H]1CCCO1)Nc1ccc(CC(F)(F)F)cc1. The van der Waals surface area contributed by atoms with Crippen LogP contribution in [0.25, 0.3) is 0 Å². The molecule has 1 aromatic rings. The lowest BCUT2D eigenvalue weighted by Crippen LogP contribution is -2.22. The standard InChI is InChI=1S/C15H18F3NO3/c16-15(17,18)8-11-3-5-12(6-4-11)19-14(20)10-21-9-13-2-1-7-22-13/h3-6,13H,1-2,7-10H2,(H,19,20)/t13-/m0/s1. The molecule has 0 unspecified atom stereocenters. The molecular weight excluding hydrogens is 299 g/mol. The highest BCUT2D eigenvalue weighted by atomic mass is 19.4. The predicted molar refractivity (Wildman–Crippen MR) is 74.6 cm³/mol. The highest BCUT2D eigenvalue weighted by Crippen LogP contribution is 2.22. The monoisotopic (exact) mass is 317 g/mol. The number of anilines is 1. The van der Waals surface area contributed by atoms with Crippen LogP contribution in [0.3, 0.4) is 0 Å². The second-order valence-electron chi connectivity index (χ2n) is 5.19. The minimum atomic E-state index is -4.24. The molecule has 0 saturated carbocycles. The molecule has 4 nitrogen and oxygen atoms in total. The zero-order chi connectivity index (χ0) is 16.0. The fourth-order valence-electron chi connectivity index (χ4n) is 2.19. The summed E-state index contributed by atoms with van der Waals surface area (Å²) in [5.41, 5.74) is 0.594. The van der Waals surface area contributed by atoms with Crippen molar-refractivity contribution in [1.29, 1.82) is 0 Å². The van der Waals surface area contributed by atoms with Gasteiger partial charge in [0.05, 0.1) is 19.1 Å². The van der Waals surface area contributed by atoms with Crippen LogP contribution in [0.2, 0.25) is 0 Å². The summed E-state index contributed by atoms with van der Waals surface area (Å²) in [5.74, 6) is -0.346. The molecule has 0 aromatic heterocycles. The van der Waals surface area contributed by atoms with E-state index in [4.69, 9.17) is 9.47 Å². The summed E-state index contributed by atoms with van der Waals surface area (Å²) in [6.45, 7) is 0.993. The summed E-state index contributed by atoms with van der Waals surface area (Å²) in [6.07, 6.45) is -3.23. The molecule has 0 bridgehead atoms. The average Bonchev–Trinajstić information content (AvgIpc) is 2.92. The van der Waals surface area contributed by atoms with Gasteiger partial charge in [0.1, 0.15) is 6.61 Å². The van der Waals surface area contributed by atoms with Gasteiger partial charge >= 0.3 is 6.18 Å². The number of hydrogen-bond acceptors (Lipinski definition) is 3. The van der Waals surface area contributed by atoms with Crippen LogP contribution in [0.4, 0.5) is 18.9 Å². The molecule has 122 valence electrons. The quantitative estimate of drug-likeness (QED) is 0.877. The zero-order valence-corrected chi connectivity index (χ0v) is 12.0. The number of rotatable bonds is 6. The van der Waals surface area contributed by atoms with E-state index in [9.17, 15) is 18.0 Å². The predicted octanol–water partition coefficient (Wildman–Crippen LogP) is 2.93. The molecule has 0 spiro atoms. The second-order valence-corrected chi connectivity index (χ2v) is 5.19. The normalized spacial score (nSPS) is 18.4. The van der Waals surface area contributed by atoms with Gasteiger partial charge < -0.3 is 14.8 Å². The first kappa shape index (κ1) is 16.8. The molecular formula is C15H18F3NO3. The van der Waals surface area contributed by atoms with Crippen molar-refractivity contribution in [3.63, 3.8) is 0 Å². The van der Waals surface area contributed by atoms with Crippen LogP contribution in [0.1, 0.15) is 18.4 Å². The summed E-state index contributed by atoms with van der Waals surface area (Å²) in [7, 11) is 0. The van der Waals surface area contributed by atoms with Crippen LogP contribution in [-0.4, -0.2) is 38.0 Å². The third-order valence-electron chi connectivity index (χ3n) is 3.20. The van der Waals surface area contributed by atoms with Gasteiger partial charge in [0.25, 0.3) is 0 Å². The fourth-order valence-corrected chi connectivity index (χ4v) is 2.19. The Labute approximate surface area is 126 Å². The van der Waals surface area contributed by atoms with E-state index in [1.165, 1.54) is 24.3 Å². The van der Waals surface area contributed by atoms with Gasteiger partial charge in [-0.05, 0) is 30.5 Å². The summed E-state index contributed by atoms with van der Waals surface area (Å²) in [5, 5.41) is 2.57. The van der Waals surface area contributed by atoms with Crippen LogP contribution in [-0.2, 0) is 20.7 Å². The van der Waals surface area contributed by atoms with E-state index in [1.807, 2.05) is 0 Å². The molecule has 1 atom stereocenters. The average molecular weight is 317 g/mol. The number of halogens is 3. The molecule has 1 saturated heterocycles. The number of carbonyl (C=O) groups excluding carboxylic acids is 1. The molecule has 1 aliphatic heterocycles. The summed E-state index contributed by atoms with van der Waals surface area (Å²) < 4.78 is 47.3. The molecule has 0 aliphatic carbocycles. The van der Waals surface area contributed by atoms with E-state index < -0.39 is 12.6 Å². The Morgan fingerprint density at radius 3 is 2.64 bits per heavy atom. The van der Waals surface area contributed by atoms with Crippen molar-refractivity contribution < 1.29 is 27.4 Å². The van der Waals surface area contributed by atoms with Crippen molar-refractivity contribution in [3.05, 3.63) is 29.8 Å². The Bertz CT molecular complexity index is 482. The van der Waals surface area contributed by atoms with Gasteiger partial charge in [-0.1, -0.05) is 12.1 Å². The Morgan fingerprint density at radius 2 is 2.05 bits per heavy atom. The van der Waals surface area contributed by atoms with Crippen molar-refractivity contribution in [3.8, 4) is 0 Å². The first-order valence-corrected chi connectivity index (χ1v) is 7.07. The molecule has 1 amide bonds. The van der Waals surface area contributed by atoms with E-state index in [0.29, 0.717) is 12.3 Å². The van der Waals surface area contributed by atoms with Crippen LogP contribution in [0.15, 0.2) is 24.3 Å². The molecule has 1 N–H and O–H groups in total. The number of carbonyl (C=O) groups is 1. The van der Waals surface area contributed by atoms with Gasteiger partial charge in [-0.2, -0.15) is 13.2 Å². The molecule has 2 rings (SSSR count). The van der Waals surface area contributed by atoms with Gasteiger partial charge in [-0.25, -0.2) is 0 Å². The Morgan fingerprint density at radius 1 is 1.32 bits per heavy atom. The Hall–Kier alpha value is -1.60. The van der Waals surface area contributed by atoms with Crippen molar-refractivity contribution in [2.24, 2.45) is 0 Å². The number of benzene rings is 1. The lowest BCUT2D eigenvalue weighted by Gasteiger charge is -2.11. The zero-order valence-electron chi connectivity index (χ0n) is 12.0. The molecule has 22 heavy (non-hydrogen) atoms.